The summed E-state index contributed by atoms with van der Waals surface area (Å²) in [5, 5.41) is 0. The molecule has 0 amide bonds. The van der Waals surface area contributed by atoms with Gasteiger partial charge < -0.3 is 9.80 Å². The van der Waals surface area contributed by atoms with E-state index in [2.05, 4.69) is 285 Å². The van der Waals surface area contributed by atoms with E-state index in [1.807, 2.05) is 0 Å². The first-order chi connectivity index (χ1) is 35.5. The number of rotatable bonds is 21. The van der Waals surface area contributed by atoms with Crippen LogP contribution < -0.4 is 9.80 Å². The summed E-state index contributed by atoms with van der Waals surface area (Å²) in [5.74, 6) is 1.04. The molecule has 9 aromatic rings. The average molecular weight is 956 g/mol. The molecule has 1 unspecified atom stereocenters. The molecule has 72 heavy (non-hydrogen) atoms. The minimum atomic E-state index is 0.0703. The molecule has 0 saturated carbocycles. The molecule has 9 rings (SSSR count). The Morgan fingerprint density at radius 3 is 1.26 bits per heavy atom. The summed E-state index contributed by atoms with van der Waals surface area (Å²) in [7, 11) is 0.0703. The van der Waals surface area contributed by atoms with Crippen LogP contribution in [0.4, 0.5) is 34.1 Å². The summed E-state index contributed by atoms with van der Waals surface area (Å²) in [6, 6.07) is 84.6. The molecule has 0 saturated heterocycles. The second kappa shape index (κ2) is 25.0. The summed E-state index contributed by atoms with van der Waals surface area (Å²) in [5.41, 5.74) is 18.4. The second-order valence-corrected chi connectivity index (χ2v) is 20.8. The lowest BCUT2D eigenvalue weighted by atomic mass is 10.0. The summed E-state index contributed by atoms with van der Waals surface area (Å²) in [6.07, 6.45) is 19.1. The van der Waals surface area contributed by atoms with Gasteiger partial charge in [-0.1, -0.05) is 209 Å². The van der Waals surface area contributed by atoms with Gasteiger partial charge in [0.15, 0.2) is 4.90 Å². The molecule has 0 spiro atoms. The Labute approximate surface area is 433 Å². The van der Waals surface area contributed by atoms with Gasteiger partial charge in [0.2, 0.25) is 0 Å². The number of anilines is 6. The van der Waals surface area contributed by atoms with Crippen molar-refractivity contribution in [2.75, 3.05) is 16.1 Å². The fourth-order valence-corrected chi connectivity index (χ4v) is 10.8. The van der Waals surface area contributed by atoms with E-state index in [-0.39, 0.29) is 10.9 Å². The van der Waals surface area contributed by atoms with Gasteiger partial charge in [-0.2, -0.15) is 0 Å². The van der Waals surface area contributed by atoms with Crippen LogP contribution in [-0.4, -0.2) is 6.26 Å². The second-order valence-electron chi connectivity index (χ2n) is 18.8. The van der Waals surface area contributed by atoms with Crippen LogP contribution in [0.25, 0.3) is 24.3 Å². The Kier molecular flexibility index (Phi) is 17.1. The van der Waals surface area contributed by atoms with Gasteiger partial charge in [-0.3, -0.25) is 0 Å². The molecule has 0 N–H and O–H groups in total. The lowest BCUT2D eigenvalue weighted by molar-refractivity contribution is 0.795. The number of aryl methyl sites for hydroxylation is 2. The lowest BCUT2D eigenvalue weighted by Crippen LogP contribution is -2.12. The van der Waals surface area contributed by atoms with Crippen molar-refractivity contribution in [2.24, 2.45) is 0 Å². The van der Waals surface area contributed by atoms with E-state index in [9.17, 15) is 0 Å². The van der Waals surface area contributed by atoms with Crippen LogP contribution in [0.3, 0.4) is 0 Å². The zero-order valence-electron chi connectivity index (χ0n) is 42.2. The lowest BCUT2D eigenvalue weighted by Gasteiger charge is -2.28. The summed E-state index contributed by atoms with van der Waals surface area (Å²) in [4.78, 5) is 6.18. The maximum atomic E-state index is 2.41. The van der Waals surface area contributed by atoms with Gasteiger partial charge in [-0.05, 0) is 143 Å². The molecule has 3 heteroatoms. The van der Waals surface area contributed by atoms with Gasteiger partial charge in [-0.15, -0.1) is 0 Å². The number of hydrogen-bond acceptors (Lipinski definition) is 2. The highest BCUT2D eigenvalue weighted by atomic mass is 32.2. The van der Waals surface area contributed by atoms with Crippen molar-refractivity contribution >= 4 is 69.3 Å². The number of benzene rings is 9. The van der Waals surface area contributed by atoms with E-state index in [4.69, 9.17) is 0 Å². The van der Waals surface area contributed by atoms with Crippen LogP contribution in [0.15, 0.2) is 235 Å². The zero-order chi connectivity index (χ0) is 49.3. The van der Waals surface area contributed by atoms with Crippen molar-refractivity contribution in [1.82, 2.24) is 0 Å². The van der Waals surface area contributed by atoms with Gasteiger partial charge in [0.1, 0.15) is 12.0 Å². The normalized spacial score (nSPS) is 11.8. The number of nitrogens with zero attached hydrogens (tertiary/aromatic N) is 2. The van der Waals surface area contributed by atoms with Gasteiger partial charge in [0.05, 0.1) is 5.69 Å². The van der Waals surface area contributed by atoms with E-state index in [0.29, 0.717) is 0 Å². The number of hydrogen-bond donors (Lipinski definition) is 0. The molecular weight excluding hydrogens is 889 g/mol. The molecule has 0 aliphatic heterocycles. The molecule has 0 radical (unpaired) electrons. The van der Waals surface area contributed by atoms with Crippen molar-refractivity contribution in [3.8, 4) is 0 Å². The van der Waals surface area contributed by atoms with Crippen LogP contribution in [-0.2, 0) is 35.9 Å². The minimum absolute atomic E-state index is 0.0703. The van der Waals surface area contributed by atoms with E-state index < -0.39 is 0 Å². The summed E-state index contributed by atoms with van der Waals surface area (Å²) in [6.45, 7) is 4.51. The quantitative estimate of drug-likeness (QED) is 0.0523. The Balaban J connectivity index is 0.889. The SMILES string of the molecule is CCCCc1ccc(N(c2ccc(C=Cc3ccc(C=Cc4ccc(N(c5ccc(CCCC)cc5)c5ccccc5Cc5ccccc5)cc4)cc3)cc2)c2cccc([S+](C)Cc3ccccc3)c2)cc1. The Bertz CT molecular complexity index is 3120. The smallest absolute Gasteiger partial charge is 0.157 e. The van der Waals surface area contributed by atoms with E-state index in [1.165, 1.54) is 81.0 Å². The van der Waals surface area contributed by atoms with Gasteiger partial charge >= 0.3 is 0 Å². The van der Waals surface area contributed by atoms with Crippen molar-refractivity contribution in [3.05, 3.63) is 281 Å². The molecule has 1 atom stereocenters. The van der Waals surface area contributed by atoms with Crippen molar-refractivity contribution < 1.29 is 0 Å². The first-order valence-electron chi connectivity index (χ1n) is 25.8. The minimum Gasteiger partial charge on any atom is -0.310 e. The molecule has 0 bridgehead atoms. The van der Waals surface area contributed by atoms with Crippen LogP contribution in [0.1, 0.15) is 89.6 Å². The summed E-state index contributed by atoms with van der Waals surface area (Å²) >= 11 is 0. The highest BCUT2D eigenvalue weighted by molar-refractivity contribution is 7.95. The molecule has 2 nitrogen and oxygen atoms in total. The van der Waals surface area contributed by atoms with Crippen molar-refractivity contribution in [3.63, 3.8) is 0 Å². The third-order valence-electron chi connectivity index (χ3n) is 13.4. The van der Waals surface area contributed by atoms with Gasteiger partial charge in [-0.25, -0.2) is 0 Å². The van der Waals surface area contributed by atoms with Gasteiger partial charge in [0, 0.05) is 51.0 Å². The Hall–Kier alpha value is -7.59. The fourth-order valence-electron chi connectivity index (χ4n) is 9.27. The molecule has 0 heterocycles. The van der Waals surface area contributed by atoms with E-state index >= 15 is 0 Å². The van der Waals surface area contributed by atoms with Crippen molar-refractivity contribution in [1.29, 1.82) is 0 Å². The standard InChI is InChI=1S/C69H67N2S/c1-4-6-17-54-35-43-63(44-36-54)70(67-24-16-25-68(52-67)72(3)53-61-21-12-9-13-22-61)64-45-39-58(40-46-64)33-31-56-27-29-57(30-28-56)32-34-59-41-49-66(50-42-59)71(65-47-37-55(38-48-65)18-7-5-2)69-26-15-14-23-62(69)51-60-19-10-8-11-20-60/h8-16,19-50,52H,4-7,17-18,51,53H2,1-3H3/q+1. The Morgan fingerprint density at radius 2 is 0.778 bits per heavy atom. The molecule has 0 aromatic heterocycles. The Morgan fingerprint density at radius 1 is 0.361 bits per heavy atom. The third kappa shape index (κ3) is 13.2. The van der Waals surface area contributed by atoms with Gasteiger partial charge in [0.25, 0.3) is 0 Å². The molecule has 358 valence electrons. The maximum absolute atomic E-state index is 2.41. The van der Waals surface area contributed by atoms with Crippen LogP contribution >= 0.6 is 0 Å². The highest BCUT2D eigenvalue weighted by Gasteiger charge is 2.21. The third-order valence-corrected chi connectivity index (χ3v) is 15.2. The molecular formula is C69H67N2S+. The molecule has 9 aromatic carbocycles. The monoisotopic (exact) mass is 956 g/mol. The predicted octanol–water partition coefficient (Wildman–Crippen LogP) is 19.1. The van der Waals surface area contributed by atoms with Crippen molar-refractivity contribution in [2.45, 2.75) is 69.4 Å². The van der Waals surface area contributed by atoms with Crippen LogP contribution in [0, 0.1) is 0 Å². The number of unbranched alkanes of at least 4 members (excludes halogenated alkanes) is 2. The predicted molar refractivity (Wildman–Crippen MR) is 315 cm³/mol. The van der Waals surface area contributed by atoms with E-state index in [1.54, 1.807) is 0 Å². The zero-order valence-corrected chi connectivity index (χ0v) is 43.0. The average Bonchev–Trinajstić information content (AvgIpc) is 3.43. The largest absolute Gasteiger partial charge is 0.310 e. The van der Waals surface area contributed by atoms with Crippen LogP contribution in [0.5, 0.6) is 0 Å². The first-order valence-corrected chi connectivity index (χ1v) is 27.6. The molecule has 0 fully saturated rings. The highest BCUT2D eigenvalue weighted by Crippen LogP contribution is 2.39. The first kappa shape index (κ1) is 49.4. The maximum Gasteiger partial charge on any atom is 0.157 e. The molecule has 0 aliphatic rings. The van der Waals surface area contributed by atoms with E-state index in [0.717, 1.165) is 58.8 Å². The van der Waals surface area contributed by atoms with Crippen LogP contribution in [0.2, 0.25) is 0 Å². The number of para-hydroxylation sites is 1. The molecule has 0 aliphatic carbocycles. The summed E-state index contributed by atoms with van der Waals surface area (Å²) < 4.78 is 0. The topological polar surface area (TPSA) is 6.48 Å². The fraction of sp³-hybridized carbons (Fsp3) is 0.159.